The molecule has 0 radical (unpaired) electrons. The molecule has 0 unspecified atom stereocenters. The van der Waals surface area contributed by atoms with Crippen LogP contribution >= 0.6 is 0 Å². The third kappa shape index (κ3) is 3.33. The summed E-state index contributed by atoms with van der Waals surface area (Å²) in [6.07, 6.45) is 0. The summed E-state index contributed by atoms with van der Waals surface area (Å²) in [4.78, 5) is 11.6. The lowest BCUT2D eigenvalue weighted by atomic mass is 10.1. The minimum Gasteiger partial charge on any atom is -0.504 e. The number of methoxy groups -OCH3 is 1. The fourth-order valence-electron chi connectivity index (χ4n) is 1.25. The molecule has 94 valence electrons. The van der Waals surface area contributed by atoms with Gasteiger partial charge in [-0.3, -0.25) is 4.79 Å². The van der Waals surface area contributed by atoms with E-state index in [9.17, 15) is 9.90 Å². The van der Waals surface area contributed by atoms with Gasteiger partial charge in [0.1, 0.15) is 0 Å². The summed E-state index contributed by atoms with van der Waals surface area (Å²) in [6, 6.07) is 3.46. The van der Waals surface area contributed by atoms with Crippen LogP contribution in [0.4, 0.5) is 0 Å². The molecule has 4 N–H and O–H groups in total. The Morgan fingerprint density at radius 1 is 1.41 bits per heavy atom. The van der Waals surface area contributed by atoms with Crippen molar-refractivity contribution in [3.63, 3.8) is 0 Å². The van der Waals surface area contributed by atoms with E-state index in [0.29, 0.717) is 0 Å². The van der Waals surface area contributed by atoms with E-state index in [1.54, 1.807) is 0 Å². The van der Waals surface area contributed by atoms with Crippen LogP contribution in [0, 0.1) is 0 Å². The number of carbonyl (C=O) groups is 1. The fourth-order valence-corrected chi connectivity index (χ4v) is 1.25. The number of nitrogens with one attached hydrogen (secondary N) is 1. The number of benzene rings is 1. The van der Waals surface area contributed by atoms with Crippen LogP contribution in [0.5, 0.6) is 11.5 Å². The first kappa shape index (κ1) is 13.3. The summed E-state index contributed by atoms with van der Waals surface area (Å²) in [6.45, 7) is -0.714. The molecule has 0 spiro atoms. The maximum atomic E-state index is 11.6. The van der Waals surface area contributed by atoms with Crippen LogP contribution < -0.4 is 10.1 Å². The fraction of sp³-hybridized carbons (Fsp3) is 0.364. The minimum absolute atomic E-state index is 0.148. The number of hydrogen-bond acceptors (Lipinski definition) is 5. The van der Waals surface area contributed by atoms with Gasteiger partial charge < -0.3 is 25.4 Å². The number of phenols is 1. The van der Waals surface area contributed by atoms with Crippen molar-refractivity contribution in [2.45, 2.75) is 6.04 Å². The number of hydrogen-bond donors (Lipinski definition) is 4. The highest BCUT2D eigenvalue weighted by molar-refractivity contribution is 5.95. The Bertz CT molecular complexity index is 389. The molecular formula is C11H15NO5. The van der Waals surface area contributed by atoms with Gasteiger partial charge in [-0.25, -0.2) is 0 Å². The molecule has 0 atom stereocenters. The Morgan fingerprint density at radius 3 is 2.53 bits per heavy atom. The Balaban J connectivity index is 2.79. The summed E-state index contributed by atoms with van der Waals surface area (Å²) >= 11 is 0. The average molecular weight is 241 g/mol. The van der Waals surface area contributed by atoms with Crippen molar-refractivity contribution in [2.75, 3.05) is 20.3 Å². The van der Waals surface area contributed by atoms with E-state index in [1.165, 1.54) is 25.3 Å². The normalized spacial score (nSPS) is 10.4. The van der Waals surface area contributed by atoms with E-state index in [2.05, 4.69) is 5.32 Å². The Hall–Kier alpha value is -1.79. The van der Waals surface area contributed by atoms with Gasteiger partial charge in [0.15, 0.2) is 11.5 Å². The number of phenolic OH excluding ortho intramolecular Hbond substituents is 1. The lowest BCUT2D eigenvalue weighted by Crippen LogP contribution is -2.40. The van der Waals surface area contributed by atoms with Crippen molar-refractivity contribution in [3.8, 4) is 11.5 Å². The lowest BCUT2D eigenvalue weighted by molar-refractivity contribution is 0.0879. The molecule has 1 aromatic carbocycles. The van der Waals surface area contributed by atoms with Crippen molar-refractivity contribution >= 4 is 5.91 Å². The van der Waals surface area contributed by atoms with E-state index in [1.807, 2.05) is 0 Å². The third-order valence-electron chi connectivity index (χ3n) is 2.22. The number of aromatic hydroxyl groups is 1. The van der Waals surface area contributed by atoms with Crippen molar-refractivity contribution in [3.05, 3.63) is 23.8 Å². The maximum absolute atomic E-state index is 11.6. The molecule has 0 heterocycles. The highest BCUT2D eigenvalue weighted by Gasteiger charge is 2.13. The largest absolute Gasteiger partial charge is 0.504 e. The zero-order valence-corrected chi connectivity index (χ0v) is 9.38. The molecule has 1 rings (SSSR count). The smallest absolute Gasteiger partial charge is 0.251 e. The maximum Gasteiger partial charge on any atom is 0.251 e. The lowest BCUT2D eigenvalue weighted by Gasteiger charge is -2.13. The van der Waals surface area contributed by atoms with E-state index >= 15 is 0 Å². The molecule has 1 amide bonds. The second-order valence-electron chi connectivity index (χ2n) is 3.42. The Morgan fingerprint density at radius 2 is 2.06 bits per heavy atom. The van der Waals surface area contributed by atoms with Gasteiger partial charge in [0.25, 0.3) is 5.91 Å². The van der Waals surface area contributed by atoms with Crippen LogP contribution in [0.15, 0.2) is 18.2 Å². The van der Waals surface area contributed by atoms with Crippen LogP contribution in [0.1, 0.15) is 10.4 Å². The van der Waals surface area contributed by atoms with E-state index in [0.717, 1.165) is 0 Å². The first-order valence-electron chi connectivity index (χ1n) is 5.02. The van der Waals surface area contributed by atoms with Gasteiger partial charge in [-0.1, -0.05) is 0 Å². The van der Waals surface area contributed by atoms with Crippen molar-refractivity contribution < 1.29 is 24.9 Å². The van der Waals surface area contributed by atoms with Crippen molar-refractivity contribution in [2.24, 2.45) is 0 Å². The molecule has 0 aliphatic heterocycles. The average Bonchev–Trinajstić information content (AvgIpc) is 2.35. The number of aliphatic hydroxyl groups is 2. The highest BCUT2D eigenvalue weighted by atomic mass is 16.5. The van der Waals surface area contributed by atoms with Crippen LogP contribution in [-0.4, -0.2) is 47.6 Å². The molecule has 0 saturated carbocycles. The van der Waals surface area contributed by atoms with Gasteiger partial charge >= 0.3 is 0 Å². The topological polar surface area (TPSA) is 99.0 Å². The molecular weight excluding hydrogens is 226 g/mol. The van der Waals surface area contributed by atoms with Crippen molar-refractivity contribution in [1.82, 2.24) is 5.32 Å². The number of carbonyl (C=O) groups excluding carboxylic acids is 1. The van der Waals surface area contributed by atoms with Gasteiger partial charge in [-0.15, -0.1) is 0 Å². The zero-order valence-electron chi connectivity index (χ0n) is 9.38. The molecule has 17 heavy (non-hydrogen) atoms. The van der Waals surface area contributed by atoms with Gasteiger partial charge in [-0.05, 0) is 18.2 Å². The quantitative estimate of drug-likeness (QED) is 0.556. The molecule has 0 fully saturated rings. The van der Waals surface area contributed by atoms with Crippen LogP contribution in [-0.2, 0) is 0 Å². The van der Waals surface area contributed by atoms with E-state index in [4.69, 9.17) is 14.9 Å². The molecule has 6 heteroatoms. The van der Waals surface area contributed by atoms with Crippen LogP contribution in [0.2, 0.25) is 0 Å². The van der Waals surface area contributed by atoms with Gasteiger partial charge in [0.2, 0.25) is 0 Å². The molecule has 0 aliphatic rings. The molecule has 0 saturated heterocycles. The minimum atomic E-state index is -0.716. The summed E-state index contributed by atoms with van der Waals surface area (Å²) in [5, 5.41) is 29.5. The predicted octanol–water partition coefficient (Wildman–Crippen LogP) is -0.516. The number of amides is 1. The Kier molecular flexibility index (Phi) is 4.74. The highest BCUT2D eigenvalue weighted by Crippen LogP contribution is 2.26. The number of ether oxygens (including phenoxy) is 1. The summed E-state index contributed by atoms with van der Waals surface area (Å²) < 4.78 is 4.84. The van der Waals surface area contributed by atoms with Gasteiger partial charge in [-0.2, -0.15) is 0 Å². The molecule has 6 nitrogen and oxygen atoms in total. The van der Waals surface area contributed by atoms with Gasteiger partial charge in [0, 0.05) is 5.56 Å². The third-order valence-corrected chi connectivity index (χ3v) is 2.22. The van der Waals surface area contributed by atoms with Crippen molar-refractivity contribution in [1.29, 1.82) is 0 Å². The second-order valence-corrected chi connectivity index (χ2v) is 3.42. The molecule has 1 aromatic rings. The first-order valence-corrected chi connectivity index (χ1v) is 5.02. The van der Waals surface area contributed by atoms with E-state index in [-0.39, 0.29) is 30.3 Å². The summed E-state index contributed by atoms with van der Waals surface area (Å²) in [5.41, 5.74) is 0.218. The number of rotatable bonds is 5. The van der Waals surface area contributed by atoms with Gasteiger partial charge in [0.05, 0.1) is 26.4 Å². The summed E-state index contributed by atoms with van der Waals surface area (Å²) in [7, 11) is 1.41. The molecule has 0 bridgehead atoms. The standard InChI is InChI=1S/C11H15NO5/c1-17-10-3-2-7(4-9(10)15)11(16)12-8(5-13)6-14/h2-4,8,13-15H,5-6H2,1H3,(H,12,16). The molecule has 0 aliphatic carbocycles. The monoisotopic (exact) mass is 241 g/mol. The second kappa shape index (κ2) is 6.07. The van der Waals surface area contributed by atoms with Crippen LogP contribution in [0.25, 0.3) is 0 Å². The SMILES string of the molecule is COc1ccc(C(=O)NC(CO)CO)cc1O. The Labute approximate surface area is 98.5 Å². The molecule has 0 aromatic heterocycles. The zero-order chi connectivity index (χ0) is 12.8. The van der Waals surface area contributed by atoms with E-state index < -0.39 is 11.9 Å². The number of aliphatic hydroxyl groups excluding tert-OH is 2. The predicted molar refractivity (Wildman–Crippen MR) is 60.1 cm³/mol. The summed E-state index contributed by atoms with van der Waals surface area (Å²) in [5.74, 6) is -0.372. The first-order chi connectivity index (χ1) is 8.12. The van der Waals surface area contributed by atoms with Crippen LogP contribution in [0.3, 0.4) is 0 Å².